The largest absolute Gasteiger partial charge is 0.351 e. The van der Waals surface area contributed by atoms with Gasteiger partial charge < -0.3 is 21.3 Å². The quantitative estimate of drug-likeness (QED) is 0.316. The molecule has 0 heterocycles. The molecule has 0 aromatic rings. The van der Waals surface area contributed by atoms with Crippen molar-refractivity contribution in [2.24, 2.45) is 0 Å². The van der Waals surface area contributed by atoms with Gasteiger partial charge in [-0.25, -0.2) is 0 Å². The minimum absolute atomic E-state index is 0.197. The smallest absolute Gasteiger partial charge is 0.246 e. The molecule has 0 radical (unpaired) electrons. The zero-order chi connectivity index (χ0) is 18.7. The second kappa shape index (κ2) is 11.2. The summed E-state index contributed by atoms with van der Waals surface area (Å²) < 4.78 is 0. The van der Waals surface area contributed by atoms with E-state index in [1.54, 1.807) is 20.8 Å². The summed E-state index contributed by atoms with van der Waals surface area (Å²) in [4.78, 5) is 34.7. The maximum Gasteiger partial charge on any atom is 0.246 e. The van der Waals surface area contributed by atoms with Gasteiger partial charge in [0.25, 0.3) is 0 Å². The van der Waals surface area contributed by atoms with E-state index in [2.05, 4.69) is 41.0 Å². The molecule has 3 amide bonds. The maximum atomic E-state index is 11.7. The lowest BCUT2D eigenvalue weighted by molar-refractivity contribution is -0.119. The Morgan fingerprint density at radius 2 is 1.25 bits per heavy atom. The third-order valence-corrected chi connectivity index (χ3v) is 2.99. The predicted molar refractivity (Wildman–Crippen MR) is 95.3 cm³/mol. The number of amides is 3. The Balaban J connectivity index is 4.33. The van der Waals surface area contributed by atoms with Crippen molar-refractivity contribution in [1.82, 2.24) is 21.3 Å². The molecule has 0 saturated carbocycles. The number of rotatable bonds is 11. The number of hydrogen-bond donors (Lipinski definition) is 4. The molecule has 0 aromatic carbocycles. The van der Waals surface area contributed by atoms with Gasteiger partial charge in [0.2, 0.25) is 17.7 Å². The molecule has 0 saturated heterocycles. The van der Waals surface area contributed by atoms with Crippen molar-refractivity contribution in [3.63, 3.8) is 0 Å². The van der Waals surface area contributed by atoms with Crippen molar-refractivity contribution in [2.45, 2.75) is 26.8 Å². The molecule has 7 nitrogen and oxygen atoms in total. The fourth-order valence-corrected chi connectivity index (χ4v) is 1.54. The number of nitrogens with one attached hydrogen (secondary N) is 4. The normalized spacial score (nSPS) is 11.1. The van der Waals surface area contributed by atoms with Gasteiger partial charge in [0.1, 0.15) is 0 Å². The van der Waals surface area contributed by atoms with Crippen LogP contribution in [0.2, 0.25) is 0 Å². The van der Waals surface area contributed by atoms with Gasteiger partial charge in [-0.3, -0.25) is 14.4 Å². The summed E-state index contributed by atoms with van der Waals surface area (Å²) >= 11 is 0. The number of hydrogen-bond acceptors (Lipinski definition) is 4. The van der Waals surface area contributed by atoms with E-state index >= 15 is 0 Å². The molecule has 0 aliphatic carbocycles. The van der Waals surface area contributed by atoms with Crippen LogP contribution in [0.15, 0.2) is 36.5 Å². The lowest BCUT2D eigenvalue weighted by atomic mass is 10.2. The highest BCUT2D eigenvalue weighted by Crippen LogP contribution is 1.91. The molecular weight excluding hydrogens is 308 g/mol. The van der Waals surface area contributed by atoms with Crippen LogP contribution in [0.4, 0.5) is 0 Å². The van der Waals surface area contributed by atoms with Gasteiger partial charge in [-0.1, -0.05) is 19.7 Å². The molecule has 0 aliphatic rings. The first-order valence-corrected chi connectivity index (χ1v) is 7.69. The summed E-state index contributed by atoms with van der Waals surface area (Å²) in [5.41, 5.74) is 1.24. The van der Waals surface area contributed by atoms with Gasteiger partial charge in [0.05, 0.1) is 6.04 Å². The van der Waals surface area contributed by atoms with Crippen molar-refractivity contribution in [3.05, 3.63) is 36.5 Å². The van der Waals surface area contributed by atoms with Gasteiger partial charge in [-0.2, -0.15) is 0 Å². The second-order valence-electron chi connectivity index (χ2n) is 5.68. The maximum absolute atomic E-state index is 11.7. The Morgan fingerprint density at radius 1 is 0.750 bits per heavy atom. The average molecular weight is 336 g/mol. The molecule has 0 aliphatic heterocycles. The molecule has 1 unspecified atom stereocenters. The van der Waals surface area contributed by atoms with Crippen molar-refractivity contribution in [2.75, 3.05) is 26.2 Å². The Hall–Kier alpha value is -2.41. The van der Waals surface area contributed by atoms with E-state index < -0.39 is 0 Å². The summed E-state index contributed by atoms with van der Waals surface area (Å²) in [6.07, 6.45) is 0. The molecular formula is C17H28N4O3. The van der Waals surface area contributed by atoms with E-state index in [0.717, 1.165) is 0 Å². The van der Waals surface area contributed by atoms with Crippen LogP contribution in [-0.2, 0) is 14.4 Å². The Bertz CT molecular complexity index is 526. The first kappa shape index (κ1) is 21.6. The highest BCUT2D eigenvalue weighted by molar-refractivity contribution is 5.93. The van der Waals surface area contributed by atoms with Crippen LogP contribution in [-0.4, -0.2) is 49.9 Å². The van der Waals surface area contributed by atoms with E-state index in [9.17, 15) is 14.4 Å². The zero-order valence-electron chi connectivity index (χ0n) is 14.8. The number of carbonyl (C=O) groups is 3. The molecule has 24 heavy (non-hydrogen) atoms. The SMILES string of the molecule is C=C(C)C(=O)NCCNCC(CNC(=O)C(=C)C)NC(=O)C(=C)C. The van der Waals surface area contributed by atoms with Crippen molar-refractivity contribution < 1.29 is 14.4 Å². The number of carbonyl (C=O) groups excluding carboxylic acids is 3. The van der Waals surface area contributed by atoms with Crippen molar-refractivity contribution >= 4 is 17.7 Å². The lowest BCUT2D eigenvalue weighted by Crippen LogP contribution is -2.50. The Labute approximate surface area is 143 Å². The Kier molecular flexibility index (Phi) is 10.1. The topological polar surface area (TPSA) is 99.3 Å². The predicted octanol–water partition coefficient (Wildman–Crippen LogP) is 0.0215. The van der Waals surface area contributed by atoms with E-state index in [4.69, 9.17) is 0 Å². The minimum Gasteiger partial charge on any atom is -0.351 e. The molecule has 1 atom stereocenters. The van der Waals surface area contributed by atoms with Gasteiger partial charge in [0, 0.05) is 42.9 Å². The first-order valence-electron chi connectivity index (χ1n) is 7.69. The van der Waals surface area contributed by atoms with Crippen LogP contribution in [0.25, 0.3) is 0 Å². The molecule has 7 heteroatoms. The fourth-order valence-electron chi connectivity index (χ4n) is 1.54. The van der Waals surface area contributed by atoms with Crippen molar-refractivity contribution in [3.8, 4) is 0 Å². The molecule has 134 valence electrons. The first-order chi connectivity index (χ1) is 11.1. The molecule has 0 fully saturated rings. The summed E-state index contributed by atoms with van der Waals surface area (Å²) in [5.74, 6) is -0.738. The van der Waals surface area contributed by atoms with Crippen LogP contribution in [0.3, 0.4) is 0 Å². The summed E-state index contributed by atoms with van der Waals surface area (Å²) in [6, 6.07) is -0.311. The second-order valence-corrected chi connectivity index (χ2v) is 5.68. The van der Waals surface area contributed by atoms with Crippen LogP contribution in [0.1, 0.15) is 20.8 Å². The highest BCUT2D eigenvalue weighted by Gasteiger charge is 2.14. The molecule has 0 aromatic heterocycles. The molecule has 0 spiro atoms. The van der Waals surface area contributed by atoms with Crippen LogP contribution in [0, 0.1) is 0 Å². The lowest BCUT2D eigenvalue weighted by Gasteiger charge is -2.20. The zero-order valence-corrected chi connectivity index (χ0v) is 14.8. The molecule has 0 bridgehead atoms. The highest BCUT2D eigenvalue weighted by atomic mass is 16.2. The average Bonchev–Trinajstić information content (AvgIpc) is 2.50. The van der Waals surface area contributed by atoms with E-state index in [-0.39, 0.29) is 30.3 Å². The third-order valence-electron chi connectivity index (χ3n) is 2.99. The Morgan fingerprint density at radius 3 is 1.75 bits per heavy atom. The van der Waals surface area contributed by atoms with Crippen LogP contribution in [0.5, 0.6) is 0 Å². The van der Waals surface area contributed by atoms with E-state index in [1.165, 1.54) is 0 Å². The van der Waals surface area contributed by atoms with Gasteiger partial charge in [-0.15, -0.1) is 0 Å². The van der Waals surface area contributed by atoms with Crippen molar-refractivity contribution in [1.29, 1.82) is 0 Å². The molecule has 4 N–H and O–H groups in total. The summed E-state index contributed by atoms with van der Waals surface area (Å²) in [6.45, 7) is 17.2. The van der Waals surface area contributed by atoms with Gasteiger partial charge >= 0.3 is 0 Å². The minimum atomic E-state index is -0.311. The van der Waals surface area contributed by atoms with Crippen LogP contribution < -0.4 is 21.3 Å². The van der Waals surface area contributed by atoms with Gasteiger partial charge in [-0.05, 0) is 20.8 Å². The standard InChI is InChI=1S/C17H28N4O3/c1-11(2)15(22)19-8-7-18-9-14(21-17(24)13(5)6)10-20-16(23)12(3)4/h14,18H,1,3,5,7-10H2,2,4,6H3,(H,19,22)(H,20,23)(H,21,24). The van der Waals surface area contributed by atoms with Crippen LogP contribution >= 0.6 is 0 Å². The van der Waals surface area contributed by atoms with Gasteiger partial charge in [0.15, 0.2) is 0 Å². The summed E-state index contributed by atoms with van der Waals surface area (Å²) in [7, 11) is 0. The molecule has 0 rings (SSSR count). The van der Waals surface area contributed by atoms with E-state index in [0.29, 0.717) is 36.4 Å². The fraction of sp³-hybridized carbons (Fsp3) is 0.471. The third kappa shape index (κ3) is 9.58. The summed E-state index contributed by atoms with van der Waals surface area (Å²) in [5, 5.41) is 11.3. The monoisotopic (exact) mass is 336 g/mol. The van der Waals surface area contributed by atoms with E-state index in [1.807, 2.05) is 0 Å².